The average molecular weight is 413 g/mol. The van der Waals surface area contributed by atoms with Gasteiger partial charge in [-0.05, 0) is 54.7 Å². The summed E-state index contributed by atoms with van der Waals surface area (Å²) in [5, 5.41) is -0.250. The van der Waals surface area contributed by atoms with Gasteiger partial charge in [0.05, 0.1) is 26.9 Å². The average Bonchev–Trinajstić information content (AvgIpc) is 3.11. The van der Waals surface area contributed by atoms with E-state index in [9.17, 15) is 9.00 Å². The van der Waals surface area contributed by atoms with E-state index in [2.05, 4.69) is 24.3 Å². The van der Waals surface area contributed by atoms with Gasteiger partial charge in [0.2, 0.25) is 0 Å². The van der Waals surface area contributed by atoms with Gasteiger partial charge in [-0.25, -0.2) is 0 Å². The highest BCUT2D eigenvalue weighted by atomic mass is 32.2. The lowest BCUT2D eigenvalue weighted by molar-refractivity contribution is -0.126. The number of ketones is 1. The van der Waals surface area contributed by atoms with Gasteiger partial charge in [-0.15, -0.1) is 0 Å². The maximum absolute atomic E-state index is 13.9. The molecule has 3 aromatic rings. The number of carbonyl (C=O) groups excluding carboxylic acids is 1. The second kappa shape index (κ2) is 6.88. The Morgan fingerprint density at radius 1 is 0.733 bits per heavy atom. The van der Waals surface area contributed by atoms with Crippen LogP contribution >= 0.6 is 0 Å². The molecule has 3 aromatic carbocycles. The van der Waals surface area contributed by atoms with Crippen molar-refractivity contribution in [1.82, 2.24) is 0 Å². The lowest BCUT2D eigenvalue weighted by Gasteiger charge is -2.35. The molecular weight excluding hydrogens is 388 g/mol. The molecule has 0 heterocycles. The highest BCUT2D eigenvalue weighted by Gasteiger charge is 2.68. The molecule has 150 valence electrons. The Bertz CT molecular complexity index is 1170. The molecule has 0 saturated heterocycles. The zero-order valence-electron chi connectivity index (χ0n) is 17.2. The summed E-state index contributed by atoms with van der Waals surface area (Å²) in [5.41, 5.74) is 2.84. The van der Waals surface area contributed by atoms with Crippen LogP contribution in [0.2, 0.25) is 0 Å². The van der Waals surface area contributed by atoms with Crippen molar-refractivity contribution in [2.45, 2.75) is 30.4 Å². The highest BCUT2D eigenvalue weighted by Crippen LogP contribution is 2.68. The lowest BCUT2D eigenvalue weighted by atomic mass is 9.73. The van der Waals surface area contributed by atoms with Gasteiger partial charge in [-0.1, -0.05) is 78.9 Å². The number of carbonyl (C=O) groups is 1. The van der Waals surface area contributed by atoms with E-state index < -0.39 is 21.6 Å². The minimum atomic E-state index is -1.27. The molecule has 2 aliphatic rings. The van der Waals surface area contributed by atoms with E-state index in [-0.39, 0.29) is 11.0 Å². The van der Waals surface area contributed by atoms with Crippen molar-refractivity contribution in [1.29, 1.82) is 0 Å². The second-order valence-corrected chi connectivity index (χ2v) is 10.3. The number of rotatable bonds is 4. The van der Waals surface area contributed by atoms with Crippen molar-refractivity contribution < 1.29 is 9.00 Å². The first-order chi connectivity index (χ1) is 14.5. The Balaban J connectivity index is 1.76. The Kier molecular flexibility index (Phi) is 4.41. The number of Topliss-reactive ketones (excluding diaryl/α,β-unsaturated/α-hetero) is 1. The van der Waals surface area contributed by atoms with E-state index in [1.807, 2.05) is 80.6 Å². The Labute approximate surface area is 180 Å². The van der Waals surface area contributed by atoms with Crippen LogP contribution in [0.1, 0.15) is 31.4 Å². The zero-order chi connectivity index (χ0) is 20.9. The SMILES string of the molecule is CC12CC(S(=O)c3ccccc3)C(C)(C1=O)C(c1ccccc1)=C2c1ccccc1. The van der Waals surface area contributed by atoms with Crippen LogP contribution in [0.25, 0.3) is 11.1 Å². The molecule has 0 aromatic heterocycles. The molecule has 1 fully saturated rings. The predicted octanol–water partition coefficient (Wildman–Crippen LogP) is 5.77. The standard InChI is InChI=1S/C27H24O2S/c1-26-18-22(30(29)21-16-10-5-11-17-21)27(2,25(26)28)24(20-14-8-4-9-15-20)23(26)19-12-6-3-7-13-19/h3-17,22H,18H2,1-2H3. The maximum Gasteiger partial charge on any atom is 0.154 e. The van der Waals surface area contributed by atoms with Crippen LogP contribution in [0.5, 0.6) is 0 Å². The predicted molar refractivity (Wildman–Crippen MR) is 122 cm³/mol. The van der Waals surface area contributed by atoms with Gasteiger partial charge in [0, 0.05) is 4.90 Å². The van der Waals surface area contributed by atoms with Crippen LogP contribution in [0.15, 0.2) is 95.9 Å². The van der Waals surface area contributed by atoms with Gasteiger partial charge in [0.25, 0.3) is 0 Å². The monoisotopic (exact) mass is 412 g/mol. The van der Waals surface area contributed by atoms with Gasteiger partial charge in [0.1, 0.15) is 0 Å². The topological polar surface area (TPSA) is 34.1 Å². The molecule has 0 spiro atoms. The fourth-order valence-electron chi connectivity index (χ4n) is 5.54. The highest BCUT2D eigenvalue weighted by molar-refractivity contribution is 7.85. The Morgan fingerprint density at radius 3 is 1.73 bits per heavy atom. The normalized spacial score (nSPS) is 28.7. The molecule has 0 radical (unpaired) electrons. The van der Waals surface area contributed by atoms with Crippen LogP contribution in [0.3, 0.4) is 0 Å². The third kappa shape index (κ3) is 2.55. The van der Waals surface area contributed by atoms with Gasteiger partial charge in [-0.2, -0.15) is 0 Å². The number of hydrogen-bond donors (Lipinski definition) is 0. The van der Waals surface area contributed by atoms with Gasteiger partial charge < -0.3 is 0 Å². The molecule has 0 N–H and O–H groups in total. The summed E-state index contributed by atoms with van der Waals surface area (Å²) in [6.07, 6.45) is 0.602. The Morgan fingerprint density at radius 2 is 1.20 bits per heavy atom. The van der Waals surface area contributed by atoms with Crippen molar-refractivity contribution in [3.63, 3.8) is 0 Å². The molecule has 0 aliphatic heterocycles. The van der Waals surface area contributed by atoms with Crippen LogP contribution in [0, 0.1) is 10.8 Å². The molecule has 1 saturated carbocycles. The number of allylic oxidation sites excluding steroid dienone is 2. The zero-order valence-corrected chi connectivity index (χ0v) is 18.0. The summed E-state index contributed by atoms with van der Waals surface area (Å²) < 4.78 is 13.7. The number of fused-ring (bicyclic) bond motifs is 2. The van der Waals surface area contributed by atoms with Gasteiger partial charge in [-0.3, -0.25) is 9.00 Å². The van der Waals surface area contributed by atoms with Crippen LogP contribution in [-0.4, -0.2) is 15.2 Å². The molecule has 4 atom stereocenters. The van der Waals surface area contributed by atoms with Crippen molar-refractivity contribution in [3.8, 4) is 0 Å². The maximum atomic E-state index is 13.9. The molecule has 2 bridgehead atoms. The van der Waals surface area contributed by atoms with Crippen LogP contribution in [0.4, 0.5) is 0 Å². The Hall–Kier alpha value is -2.78. The van der Waals surface area contributed by atoms with E-state index in [1.165, 1.54) is 0 Å². The molecule has 4 unspecified atom stereocenters. The number of hydrogen-bond acceptors (Lipinski definition) is 2. The second-order valence-electron chi connectivity index (χ2n) is 8.65. The van der Waals surface area contributed by atoms with E-state index in [0.717, 1.165) is 27.2 Å². The minimum absolute atomic E-state index is 0.196. The van der Waals surface area contributed by atoms with E-state index >= 15 is 0 Å². The van der Waals surface area contributed by atoms with Gasteiger partial charge >= 0.3 is 0 Å². The summed E-state index contributed by atoms with van der Waals surface area (Å²) in [4.78, 5) is 14.7. The first-order valence-electron chi connectivity index (χ1n) is 10.3. The molecule has 3 heteroatoms. The number of benzene rings is 3. The molecule has 0 amide bonds. The molecular formula is C27H24O2S. The minimum Gasteiger partial charge on any atom is -0.298 e. The molecule has 2 aliphatic carbocycles. The third-order valence-corrected chi connectivity index (χ3v) is 8.78. The van der Waals surface area contributed by atoms with E-state index in [4.69, 9.17) is 0 Å². The third-order valence-electron chi connectivity index (χ3n) is 6.89. The molecule has 2 nitrogen and oxygen atoms in total. The summed E-state index contributed by atoms with van der Waals surface area (Å²) in [7, 11) is -1.27. The lowest BCUT2D eigenvalue weighted by Crippen LogP contribution is -2.36. The summed E-state index contributed by atoms with van der Waals surface area (Å²) in [6, 6.07) is 29.9. The smallest absolute Gasteiger partial charge is 0.154 e. The fraction of sp³-hybridized carbons (Fsp3) is 0.222. The van der Waals surface area contributed by atoms with Crippen molar-refractivity contribution in [2.75, 3.05) is 0 Å². The summed E-state index contributed by atoms with van der Waals surface area (Å²) in [6.45, 7) is 4.07. The first-order valence-corrected chi connectivity index (χ1v) is 11.6. The first kappa shape index (κ1) is 19.2. The van der Waals surface area contributed by atoms with E-state index in [0.29, 0.717) is 6.42 Å². The van der Waals surface area contributed by atoms with Gasteiger partial charge in [0.15, 0.2) is 5.78 Å². The largest absolute Gasteiger partial charge is 0.298 e. The van der Waals surface area contributed by atoms with Crippen molar-refractivity contribution in [3.05, 3.63) is 102 Å². The quantitative estimate of drug-likeness (QED) is 0.545. The van der Waals surface area contributed by atoms with E-state index in [1.54, 1.807) is 0 Å². The summed E-state index contributed by atoms with van der Waals surface area (Å²) >= 11 is 0. The summed E-state index contributed by atoms with van der Waals surface area (Å²) in [5.74, 6) is 0.196. The van der Waals surface area contributed by atoms with Crippen molar-refractivity contribution >= 4 is 27.7 Å². The van der Waals surface area contributed by atoms with Crippen LogP contribution in [-0.2, 0) is 15.6 Å². The fourth-order valence-corrected chi connectivity index (χ4v) is 7.43. The molecule has 30 heavy (non-hydrogen) atoms. The molecule has 5 rings (SSSR count). The van der Waals surface area contributed by atoms with Crippen molar-refractivity contribution in [2.24, 2.45) is 10.8 Å². The van der Waals surface area contributed by atoms with Crippen LogP contribution < -0.4 is 0 Å².